The van der Waals surface area contributed by atoms with Crippen molar-refractivity contribution >= 4 is 74.9 Å². The molecule has 2 aromatic heterocycles. The van der Waals surface area contributed by atoms with Crippen LogP contribution < -0.4 is 0 Å². The Morgan fingerprint density at radius 1 is 0.435 bits per heavy atom. The highest BCUT2D eigenvalue weighted by molar-refractivity contribution is 7.26. The van der Waals surface area contributed by atoms with Gasteiger partial charge in [-0.25, -0.2) is 0 Å². The average Bonchev–Trinajstić information content (AvgIpc) is 3.65. The summed E-state index contributed by atoms with van der Waals surface area (Å²) in [6.45, 7) is 0. The van der Waals surface area contributed by atoms with E-state index in [1.54, 1.807) is 0 Å². The summed E-state index contributed by atoms with van der Waals surface area (Å²) in [5, 5.41) is 10.2. The maximum absolute atomic E-state index is 2.47. The zero-order chi connectivity index (χ0) is 30.2. The number of para-hydroxylation sites is 2. The summed E-state index contributed by atoms with van der Waals surface area (Å²) in [7, 11) is 0. The van der Waals surface area contributed by atoms with Crippen molar-refractivity contribution in [3.8, 4) is 27.9 Å². The number of aromatic nitrogens is 1. The molecule has 0 aliphatic carbocycles. The molecule has 0 amide bonds. The molecule has 8 aromatic carbocycles. The van der Waals surface area contributed by atoms with Crippen molar-refractivity contribution in [1.82, 2.24) is 4.57 Å². The molecule has 0 fully saturated rings. The van der Waals surface area contributed by atoms with Crippen molar-refractivity contribution in [2.75, 3.05) is 0 Å². The number of nitrogens with zero attached hydrogens (tertiary/aromatic N) is 1. The molecule has 0 atom stereocenters. The Bertz CT molecular complexity index is 2740. The highest BCUT2D eigenvalue weighted by Gasteiger charge is 2.23. The molecule has 0 bridgehead atoms. The van der Waals surface area contributed by atoms with E-state index in [0.29, 0.717) is 0 Å². The van der Waals surface area contributed by atoms with E-state index < -0.39 is 0 Å². The SMILES string of the molecule is c1ccc(-n2c3ccccc3c3sc4cccc(-c5c6ccccc6c(-c6ccc7ccccc7c6)c6ccccc56)c4c32)cc1. The average molecular weight is 602 g/mol. The van der Waals surface area contributed by atoms with Crippen LogP contribution in [0.5, 0.6) is 0 Å². The molecule has 0 unspecified atom stereocenters. The van der Waals surface area contributed by atoms with Crippen LogP contribution in [0.1, 0.15) is 0 Å². The smallest absolute Gasteiger partial charge is 0.0734 e. The van der Waals surface area contributed by atoms with E-state index in [0.717, 1.165) is 0 Å². The van der Waals surface area contributed by atoms with Crippen LogP contribution >= 0.6 is 11.3 Å². The summed E-state index contributed by atoms with van der Waals surface area (Å²) < 4.78 is 5.12. The predicted molar refractivity (Wildman–Crippen MR) is 200 cm³/mol. The topological polar surface area (TPSA) is 4.93 Å². The third-order valence-electron chi connectivity index (χ3n) is 9.56. The van der Waals surface area contributed by atoms with E-state index in [4.69, 9.17) is 0 Å². The van der Waals surface area contributed by atoms with E-state index in [9.17, 15) is 0 Å². The molecular formula is C44H27NS. The lowest BCUT2D eigenvalue weighted by atomic mass is 9.85. The van der Waals surface area contributed by atoms with Gasteiger partial charge in [-0.15, -0.1) is 11.3 Å². The minimum Gasteiger partial charge on any atom is -0.308 e. The molecular weight excluding hydrogens is 575 g/mol. The van der Waals surface area contributed by atoms with Crippen molar-refractivity contribution in [2.45, 2.75) is 0 Å². The largest absolute Gasteiger partial charge is 0.308 e. The van der Waals surface area contributed by atoms with Gasteiger partial charge in [-0.2, -0.15) is 0 Å². The van der Waals surface area contributed by atoms with Crippen LogP contribution in [0.4, 0.5) is 0 Å². The summed E-state index contributed by atoms with van der Waals surface area (Å²) in [5.41, 5.74) is 8.83. The monoisotopic (exact) mass is 601 g/mol. The fourth-order valence-electron chi connectivity index (χ4n) is 7.64. The van der Waals surface area contributed by atoms with Gasteiger partial charge in [-0.05, 0) is 84.9 Å². The van der Waals surface area contributed by atoms with Crippen LogP contribution in [0.2, 0.25) is 0 Å². The lowest BCUT2D eigenvalue weighted by molar-refractivity contribution is 1.19. The summed E-state index contributed by atoms with van der Waals surface area (Å²) in [6, 6.07) is 60.1. The van der Waals surface area contributed by atoms with Gasteiger partial charge in [0.1, 0.15) is 0 Å². The first kappa shape index (κ1) is 25.6. The molecule has 1 nitrogen and oxygen atoms in total. The molecule has 0 radical (unpaired) electrons. The van der Waals surface area contributed by atoms with E-state index in [-0.39, 0.29) is 0 Å². The number of hydrogen-bond donors (Lipinski definition) is 0. The Labute approximate surface area is 270 Å². The normalized spacial score (nSPS) is 11.9. The Morgan fingerprint density at radius 3 is 1.78 bits per heavy atom. The summed E-state index contributed by atoms with van der Waals surface area (Å²) in [6.07, 6.45) is 0. The van der Waals surface area contributed by atoms with Gasteiger partial charge in [0.2, 0.25) is 0 Å². The molecule has 0 aliphatic heterocycles. The van der Waals surface area contributed by atoms with Gasteiger partial charge in [0.05, 0.1) is 15.7 Å². The molecule has 46 heavy (non-hydrogen) atoms. The molecule has 10 rings (SSSR count). The van der Waals surface area contributed by atoms with Gasteiger partial charge in [-0.3, -0.25) is 0 Å². The number of rotatable bonds is 3. The van der Waals surface area contributed by atoms with Crippen LogP contribution in [-0.2, 0) is 0 Å². The van der Waals surface area contributed by atoms with Crippen LogP contribution in [0.3, 0.4) is 0 Å². The van der Waals surface area contributed by atoms with Crippen molar-refractivity contribution in [1.29, 1.82) is 0 Å². The van der Waals surface area contributed by atoms with Gasteiger partial charge in [0, 0.05) is 21.2 Å². The van der Waals surface area contributed by atoms with Crippen LogP contribution in [0.15, 0.2) is 164 Å². The first-order chi connectivity index (χ1) is 22.8. The second-order valence-corrected chi connectivity index (χ2v) is 13.1. The Kier molecular flexibility index (Phi) is 5.51. The minimum atomic E-state index is 1.18. The number of hydrogen-bond acceptors (Lipinski definition) is 1. The lowest BCUT2D eigenvalue weighted by Crippen LogP contribution is -1.94. The zero-order valence-electron chi connectivity index (χ0n) is 24.9. The number of fused-ring (bicyclic) bond motifs is 8. The van der Waals surface area contributed by atoms with Gasteiger partial charge in [0.25, 0.3) is 0 Å². The van der Waals surface area contributed by atoms with E-state index in [1.165, 1.54) is 91.5 Å². The van der Waals surface area contributed by atoms with Crippen molar-refractivity contribution in [3.63, 3.8) is 0 Å². The molecule has 2 heteroatoms. The number of benzene rings is 8. The molecule has 2 heterocycles. The van der Waals surface area contributed by atoms with Gasteiger partial charge in [-0.1, -0.05) is 133 Å². The van der Waals surface area contributed by atoms with Crippen LogP contribution in [0, 0.1) is 0 Å². The zero-order valence-corrected chi connectivity index (χ0v) is 25.8. The molecule has 0 N–H and O–H groups in total. The highest BCUT2D eigenvalue weighted by Crippen LogP contribution is 2.50. The quantitative estimate of drug-likeness (QED) is 0.178. The van der Waals surface area contributed by atoms with Crippen LogP contribution in [-0.4, -0.2) is 4.57 Å². The summed E-state index contributed by atoms with van der Waals surface area (Å²) in [5.74, 6) is 0. The molecule has 0 saturated heterocycles. The Morgan fingerprint density at radius 2 is 1.04 bits per heavy atom. The predicted octanol–water partition coefficient (Wildman–Crippen LogP) is 12.8. The third kappa shape index (κ3) is 3.62. The Balaban J connectivity index is 1.37. The van der Waals surface area contributed by atoms with Crippen LogP contribution in [0.25, 0.3) is 91.5 Å². The Hall–Kier alpha value is -5.70. The molecule has 0 spiro atoms. The molecule has 0 aliphatic rings. The van der Waals surface area contributed by atoms with Crippen molar-refractivity contribution < 1.29 is 0 Å². The van der Waals surface area contributed by atoms with E-state index in [2.05, 4.69) is 168 Å². The molecule has 214 valence electrons. The highest BCUT2D eigenvalue weighted by atomic mass is 32.1. The minimum absolute atomic E-state index is 1.18. The molecule has 10 aromatic rings. The van der Waals surface area contributed by atoms with Crippen molar-refractivity contribution in [2.24, 2.45) is 0 Å². The fourth-order valence-corrected chi connectivity index (χ4v) is 8.89. The summed E-state index contributed by atoms with van der Waals surface area (Å²) in [4.78, 5) is 0. The van der Waals surface area contributed by atoms with Gasteiger partial charge in [0.15, 0.2) is 0 Å². The second kappa shape index (κ2) is 9.90. The maximum atomic E-state index is 2.47. The first-order valence-corrected chi connectivity index (χ1v) is 16.6. The first-order valence-electron chi connectivity index (χ1n) is 15.8. The number of thiophene rings is 1. The van der Waals surface area contributed by atoms with Gasteiger partial charge < -0.3 is 4.57 Å². The van der Waals surface area contributed by atoms with E-state index in [1.807, 2.05) is 11.3 Å². The second-order valence-electron chi connectivity index (χ2n) is 12.0. The maximum Gasteiger partial charge on any atom is 0.0734 e. The third-order valence-corrected chi connectivity index (χ3v) is 10.7. The molecule has 0 saturated carbocycles. The van der Waals surface area contributed by atoms with Gasteiger partial charge >= 0.3 is 0 Å². The fraction of sp³-hybridized carbons (Fsp3) is 0. The summed E-state index contributed by atoms with van der Waals surface area (Å²) >= 11 is 1.91. The standard InChI is InChI=1S/C44H27NS/c1-2-15-31(16-3-1)45-38-23-11-10-21-36(38)44-43(45)42-37(22-12-24-39(42)46-44)41-34-19-8-6-17-32(34)40(33-18-7-9-20-35(33)41)30-26-25-28-13-4-5-14-29(28)27-30/h1-27H. The lowest BCUT2D eigenvalue weighted by Gasteiger charge is -2.19. The van der Waals surface area contributed by atoms with E-state index >= 15 is 0 Å². The van der Waals surface area contributed by atoms with Crippen molar-refractivity contribution in [3.05, 3.63) is 164 Å².